The van der Waals surface area contributed by atoms with Crippen LogP contribution in [0.3, 0.4) is 0 Å². The van der Waals surface area contributed by atoms with Gasteiger partial charge in [0.25, 0.3) is 5.91 Å². The van der Waals surface area contributed by atoms with Gasteiger partial charge in [-0.25, -0.2) is 0 Å². The number of hydrogen-bond acceptors (Lipinski definition) is 4. The Morgan fingerprint density at radius 1 is 1.15 bits per heavy atom. The Hall–Kier alpha value is -2.18. The predicted molar refractivity (Wildman–Crippen MR) is 105 cm³/mol. The lowest BCUT2D eigenvalue weighted by atomic mass is 9.88. The predicted octanol–water partition coefficient (Wildman–Crippen LogP) is 2.43. The van der Waals surface area contributed by atoms with Crippen molar-refractivity contribution < 1.29 is 9.53 Å². The second kappa shape index (κ2) is 7.09. The molecule has 0 aliphatic carbocycles. The topological polar surface area (TPSA) is 50.6 Å². The Balaban J connectivity index is 1.43. The van der Waals surface area contributed by atoms with Crippen LogP contribution in [0, 0.1) is 13.8 Å². The first-order chi connectivity index (χ1) is 13.0. The lowest BCUT2D eigenvalue weighted by Crippen LogP contribution is -2.58. The van der Waals surface area contributed by atoms with Crippen molar-refractivity contribution in [3.63, 3.8) is 0 Å². The van der Waals surface area contributed by atoms with E-state index in [-0.39, 0.29) is 18.1 Å². The highest BCUT2D eigenvalue weighted by Crippen LogP contribution is 2.33. The summed E-state index contributed by atoms with van der Waals surface area (Å²) in [6.45, 7) is 7.93. The summed E-state index contributed by atoms with van der Waals surface area (Å²) >= 11 is 0. The molecule has 0 N–H and O–H groups in total. The van der Waals surface area contributed by atoms with Crippen LogP contribution in [0.15, 0.2) is 30.3 Å². The summed E-state index contributed by atoms with van der Waals surface area (Å²) in [6, 6.07) is 9.93. The van der Waals surface area contributed by atoms with Crippen molar-refractivity contribution in [2.45, 2.75) is 38.8 Å². The highest BCUT2D eigenvalue weighted by molar-refractivity contribution is 5.95. The summed E-state index contributed by atoms with van der Waals surface area (Å²) in [6.07, 6.45) is 1.89. The smallest absolute Gasteiger partial charge is 0.253 e. The van der Waals surface area contributed by atoms with E-state index in [2.05, 4.69) is 23.8 Å². The molecule has 2 saturated heterocycles. The molecule has 4 rings (SSSR count). The maximum Gasteiger partial charge on any atom is 0.253 e. The van der Waals surface area contributed by atoms with Gasteiger partial charge in [-0.2, -0.15) is 5.10 Å². The first-order valence-corrected chi connectivity index (χ1v) is 9.68. The summed E-state index contributed by atoms with van der Waals surface area (Å²) in [4.78, 5) is 16.8. The largest absolute Gasteiger partial charge is 0.363 e. The molecule has 0 radical (unpaired) electrons. The van der Waals surface area contributed by atoms with Crippen LogP contribution in [0.5, 0.6) is 0 Å². The van der Waals surface area contributed by atoms with Gasteiger partial charge in [0.15, 0.2) is 0 Å². The van der Waals surface area contributed by atoms with Gasteiger partial charge in [0, 0.05) is 43.6 Å². The third kappa shape index (κ3) is 3.51. The third-order valence-electron chi connectivity index (χ3n) is 6.12. The van der Waals surface area contributed by atoms with Crippen molar-refractivity contribution in [2.75, 3.05) is 31.1 Å². The van der Waals surface area contributed by atoms with Gasteiger partial charge in [0.2, 0.25) is 0 Å². The molecule has 1 aromatic carbocycles. The Kier molecular flexibility index (Phi) is 4.78. The monoisotopic (exact) mass is 368 g/mol. The number of amides is 1. The summed E-state index contributed by atoms with van der Waals surface area (Å²) in [5.41, 5.74) is 4.43. The molecule has 0 atom stereocenters. The number of morpholine rings is 1. The fourth-order valence-electron chi connectivity index (χ4n) is 4.25. The third-order valence-corrected chi connectivity index (χ3v) is 6.12. The maximum absolute atomic E-state index is 12.4. The van der Waals surface area contributed by atoms with E-state index in [4.69, 9.17) is 4.74 Å². The standard InChI is InChI=1S/C21H28N4O2/c1-16-19(17(2)23(3)22-16)13-24-11-9-21(10-12-24)15-25(20(26)14-27-21)18-7-5-4-6-8-18/h4-8H,9-15H2,1-3H3. The van der Waals surface area contributed by atoms with Crippen molar-refractivity contribution in [1.82, 2.24) is 14.7 Å². The number of nitrogens with zero attached hydrogens (tertiary/aromatic N) is 4. The molecule has 2 aliphatic heterocycles. The number of para-hydroxylation sites is 1. The molecule has 27 heavy (non-hydrogen) atoms. The van der Waals surface area contributed by atoms with Gasteiger partial charge in [-0.05, 0) is 38.8 Å². The number of ether oxygens (including phenoxy) is 1. The van der Waals surface area contributed by atoms with Gasteiger partial charge in [0.1, 0.15) is 6.61 Å². The number of rotatable bonds is 3. The number of aryl methyl sites for hydroxylation is 2. The van der Waals surface area contributed by atoms with Crippen LogP contribution in [-0.2, 0) is 23.1 Å². The SMILES string of the molecule is Cc1nn(C)c(C)c1CN1CCC2(CC1)CN(c1ccccc1)C(=O)CO2. The minimum atomic E-state index is -0.223. The summed E-state index contributed by atoms with van der Waals surface area (Å²) in [7, 11) is 2.00. The molecule has 0 saturated carbocycles. The fraction of sp³-hybridized carbons (Fsp3) is 0.524. The van der Waals surface area contributed by atoms with E-state index in [1.165, 1.54) is 11.3 Å². The van der Waals surface area contributed by atoms with Crippen LogP contribution in [0.25, 0.3) is 0 Å². The number of hydrogen-bond donors (Lipinski definition) is 0. The zero-order chi connectivity index (χ0) is 19.0. The summed E-state index contributed by atoms with van der Waals surface area (Å²) in [5, 5.41) is 4.53. The van der Waals surface area contributed by atoms with Crippen molar-refractivity contribution in [3.8, 4) is 0 Å². The number of piperidine rings is 1. The zero-order valence-corrected chi connectivity index (χ0v) is 16.4. The number of anilines is 1. The molecule has 2 aromatic rings. The highest BCUT2D eigenvalue weighted by atomic mass is 16.5. The van der Waals surface area contributed by atoms with Crippen molar-refractivity contribution >= 4 is 11.6 Å². The fourth-order valence-corrected chi connectivity index (χ4v) is 4.25. The normalized spacial score (nSPS) is 20.4. The second-order valence-corrected chi connectivity index (χ2v) is 7.84. The Labute approximate surface area is 160 Å². The minimum Gasteiger partial charge on any atom is -0.363 e. The van der Waals surface area contributed by atoms with E-state index in [0.717, 1.165) is 43.9 Å². The quantitative estimate of drug-likeness (QED) is 0.835. The Morgan fingerprint density at radius 2 is 1.85 bits per heavy atom. The van der Waals surface area contributed by atoms with Crippen LogP contribution in [0.1, 0.15) is 29.8 Å². The molecule has 6 heteroatoms. The van der Waals surface area contributed by atoms with Crippen LogP contribution < -0.4 is 4.90 Å². The molecule has 2 fully saturated rings. The molecule has 0 unspecified atom stereocenters. The zero-order valence-electron chi connectivity index (χ0n) is 16.4. The number of benzene rings is 1. The van der Waals surface area contributed by atoms with Crippen molar-refractivity contribution in [3.05, 3.63) is 47.3 Å². The second-order valence-electron chi connectivity index (χ2n) is 7.84. The molecule has 6 nitrogen and oxygen atoms in total. The molecular weight excluding hydrogens is 340 g/mol. The van der Waals surface area contributed by atoms with E-state index in [1.807, 2.05) is 47.0 Å². The molecule has 1 amide bonds. The Bertz CT molecular complexity index is 822. The van der Waals surface area contributed by atoms with Crippen LogP contribution in [0.2, 0.25) is 0 Å². The number of carbonyl (C=O) groups excluding carboxylic acids is 1. The number of likely N-dealkylation sites (tertiary alicyclic amines) is 1. The van der Waals surface area contributed by atoms with Gasteiger partial charge < -0.3 is 9.64 Å². The van der Waals surface area contributed by atoms with E-state index < -0.39 is 0 Å². The van der Waals surface area contributed by atoms with Crippen molar-refractivity contribution in [1.29, 1.82) is 0 Å². The average Bonchev–Trinajstić information content (AvgIpc) is 2.92. The first kappa shape index (κ1) is 18.2. The van der Waals surface area contributed by atoms with E-state index in [0.29, 0.717) is 6.54 Å². The van der Waals surface area contributed by atoms with Gasteiger partial charge in [-0.1, -0.05) is 18.2 Å². The lowest BCUT2D eigenvalue weighted by molar-refractivity contribution is -0.144. The molecule has 3 heterocycles. The Morgan fingerprint density at radius 3 is 2.48 bits per heavy atom. The van der Waals surface area contributed by atoms with Crippen LogP contribution in [0.4, 0.5) is 5.69 Å². The average molecular weight is 368 g/mol. The summed E-state index contributed by atoms with van der Waals surface area (Å²) < 4.78 is 8.05. The van der Waals surface area contributed by atoms with Gasteiger partial charge >= 0.3 is 0 Å². The van der Waals surface area contributed by atoms with Crippen molar-refractivity contribution in [2.24, 2.45) is 7.05 Å². The van der Waals surface area contributed by atoms with E-state index >= 15 is 0 Å². The molecule has 0 bridgehead atoms. The highest BCUT2D eigenvalue weighted by Gasteiger charge is 2.42. The first-order valence-electron chi connectivity index (χ1n) is 9.68. The molecular formula is C21H28N4O2. The van der Waals surface area contributed by atoms with E-state index in [1.54, 1.807) is 0 Å². The molecule has 1 aromatic heterocycles. The van der Waals surface area contributed by atoms with Gasteiger partial charge in [-0.3, -0.25) is 14.4 Å². The van der Waals surface area contributed by atoms with Gasteiger partial charge in [0.05, 0.1) is 17.8 Å². The number of aromatic nitrogens is 2. The molecule has 2 aliphatic rings. The van der Waals surface area contributed by atoms with Crippen LogP contribution in [-0.4, -0.2) is 52.4 Å². The lowest BCUT2D eigenvalue weighted by Gasteiger charge is -2.47. The molecule has 1 spiro atoms. The number of carbonyl (C=O) groups is 1. The maximum atomic E-state index is 12.4. The van der Waals surface area contributed by atoms with Gasteiger partial charge in [-0.15, -0.1) is 0 Å². The molecule has 144 valence electrons. The summed E-state index contributed by atoms with van der Waals surface area (Å²) in [5.74, 6) is 0.0517. The van der Waals surface area contributed by atoms with Crippen LogP contribution >= 0.6 is 0 Å². The van der Waals surface area contributed by atoms with E-state index in [9.17, 15) is 4.79 Å². The minimum absolute atomic E-state index is 0.0517.